The molecule has 0 unspecified atom stereocenters. The van der Waals surface area contributed by atoms with Gasteiger partial charge in [0, 0.05) is 11.0 Å². The zero-order chi connectivity index (χ0) is 11.1. The normalized spacial score (nSPS) is 11.1. The largest absolute Gasteiger partial charge is 0.312 e. The third-order valence-corrected chi connectivity index (χ3v) is 2.99. The van der Waals surface area contributed by atoms with Crippen molar-refractivity contribution in [3.63, 3.8) is 0 Å². The number of nitrogens with one attached hydrogen (secondary N) is 1. The summed E-state index contributed by atoms with van der Waals surface area (Å²) in [5, 5.41) is 3.42. The second kappa shape index (κ2) is 6.81. The Bertz CT molecular complexity index is 331. The van der Waals surface area contributed by atoms with Gasteiger partial charge in [0.05, 0.1) is 0 Å². The SMILES string of the molecule is C/C=C/CCNCc1ccc(C)cc1Br. The zero-order valence-corrected chi connectivity index (χ0v) is 11.0. The average molecular weight is 268 g/mol. The summed E-state index contributed by atoms with van der Waals surface area (Å²) in [5.74, 6) is 0. The maximum absolute atomic E-state index is 3.58. The van der Waals surface area contributed by atoms with Crippen LogP contribution in [0.15, 0.2) is 34.8 Å². The van der Waals surface area contributed by atoms with E-state index in [4.69, 9.17) is 0 Å². The summed E-state index contributed by atoms with van der Waals surface area (Å²) in [4.78, 5) is 0. The zero-order valence-electron chi connectivity index (χ0n) is 9.39. The smallest absolute Gasteiger partial charge is 0.0222 e. The lowest BCUT2D eigenvalue weighted by Crippen LogP contribution is -2.14. The molecule has 2 heteroatoms. The maximum atomic E-state index is 3.58. The third kappa shape index (κ3) is 4.63. The van der Waals surface area contributed by atoms with Crippen LogP contribution in [0.3, 0.4) is 0 Å². The van der Waals surface area contributed by atoms with Gasteiger partial charge in [-0.25, -0.2) is 0 Å². The van der Waals surface area contributed by atoms with Crippen molar-refractivity contribution in [1.29, 1.82) is 0 Å². The fourth-order valence-electron chi connectivity index (χ4n) is 1.37. The van der Waals surface area contributed by atoms with Gasteiger partial charge in [-0.05, 0) is 44.0 Å². The van der Waals surface area contributed by atoms with Crippen molar-refractivity contribution in [3.05, 3.63) is 46.0 Å². The average Bonchev–Trinajstić information content (AvgIpc) is 2.20. The predicted molar refractivity (Wildman–Crippen MR) is 70.0 cm³/mol. The molecule has 1 N–H and O–H groups in total. The van der Waals surface area contributed by atoms with Crippen molar-refractivity contribution in [2.75, 3.05) is 6.54 Å². The van der Waals surface area contributed by atoms with E-state index in [2.05, 4.69) is 65.4 Å². The molecule has 0 aliphatic rings. The van der Waals surface area contributed by atoms with E-state index in [9.17, 15) is 0 Å². The molecule has 0 bridgehead atoms. The molecule has 1 aromatic carbocycles. The van der Waals surface area contributed by atoms with E-state index in [0.29, 0.717) is 0 Å². The fraction of sp³-hybridized carbons (Fsp3) is 0.385. The Hall–Kier alpha value is -0.600. The molecule has 15 heavy (non-hydrogen) atoms. The number of benzene rings is 1. The van der Waals surface area contributed by atoms with Crippen molar-refractivity contribution < 1.29 is 0 Å². The molecule has 82 valence electrons. The van der Waals surface area contributed by atoms with Gasteiger partial charge >= 0.3 is 0 Å². The highest BCUT2D eigenvalue weighted by atomic mass is 79.9. The van der Waals surface area contributed by atoms with Gasteiger partial charge in [-0.1, -0.05) is 40.2 Å². The van der Waals surface area contributed by atoms with Crippen molar-refractivity contribution >= 4 is 15.9 Å². The van der Waals surface area contributed by atoms with Crippen LogP contribution in [-0.2, 0) is 6.54 Å². The Morgan fingerprint density at radius 2 is 2.20 bits per heavy atom. The molecule has 1 rings (SSSR count). The van der Waals surface area contributed by atoms with Crippen molar-refractivity contribution in [3.8, 4) is 0 Å². The molecule has 0 aliphatic heterocycles. The van der Waals surface area contributed by atoms with E-state index in [1.807, 2.05) is 0 Å². The van der Waals surface area contributed by atoms with Gasteiger partial charge in [-0.2, -0.15) is 0 Å². The van der Waals surface area contributed by atoms with E-state index in [1.54, 1.807) is 0 Å². The topological polar surface area (TPSA) is 12.0 Å². The number of hydrogen-bond donors (Lipinski definition) is 1. The minimum atomic E-state index is 0.929. The molecule has 0 fully saturated rings. The molecule has 1 aromatic rings. The number of aryl methyl sites for hydroxylation is 1. The molecule has 0 spiro atoms. The van der Waals surface area contributed by atoms with E-state index in [1.165, 1.54) is 15.6 Å². The van der Waals surface area contributed by atoms with Crippen molar-refractivity contribution in [1.82, 2.24) is 5.32 Å². The molecule has 0 heterocycles. The molecule has 0 aromatic heterocycles. The molecular weight excluding hydrogens is 250 g/mol. The molecule has 0 saturated heterocycles. The first-order valence-electron chi connectivity index (χ1n) is 5.31. The van der Waals surface area contributed by atoms with Gasteiger partial charge in [0.1, 0.15) is 0 Å². The van der Waals surface area contributed by atoms with Crippen LogP contribution in [0.1, 0.15) is 24.5 Å². The Labute approximate surface area is 101 Å². The summed E-state index contributed by atoms with van der Waals surface area (Å²) in [6, 6.07) is 6.47. The Balaban J connectivity index is 2.37. The summed E-state index contributed by atoms with van der Waals surface area (Å²) in [6.07, 6.45) is 5.36. The highest BCUT2D eigenvalue weighted by Crippen LogP contribution is 2.17. The van der Waals surface area contributed by atoms with Gasteiger partial charge in [0.25, 0.3) is 0 Å². The second-order valence-corrected chi connectivity index (χ2v) is 4.48. The molecular formula is C13H18BrN. The molecule has 0 saturated carbocycles. The van der Waals surface area contributed by atoms with Crippen LogP contribution in [0.2, 0.25) is 0 Å². The highest BCUT2D eigenvalue weighted by Gasteiger charge is 1.98. The van der Waals surface area contributed by atoms with Crippen LogP contribution in [0.4, 0.5) is 0 Å². The number of hydrogen-bond acceptors (Lipinski definition) is 1. The standard InChI is InChI=1S/C13H18BrN/c1-3-4-5-8-15-10-12-7-6-11(2)9-13(12)14/h3-4,6-7,9,15H,5,8,10H2,1-2H3/b4-3+. The maximum Gasteiger partial charge on any atom is 0.0222 e. The summed E-state index contributed by atoms with van der Waals surface area (Å²) < 4.78 is 1.20. The van der Waals surface area contributed by atoms with Gasteiger partial charge in [-0.15, -0.1) is 0 Å². The quantitative estimate of drug-likeness (QED) is 0.632. The van der Waals surface area contributed by atoms with Gasteiger partial charge < -0.3 is 5.32 Å². The van der Waals surface area contributed by atoms with Crippen molar-refractivity contribution in [2.45, 2.75) is 26.8 Å². The van der Waals surface area contributed by atoms with Gasteiger partial charge in [0.2, 0.25) is 0 Å². The van der Waals surface area contributed by atoms with Crippen LogP contribution >= 0.6 is 15.9 Å². The molecule has 0 aliphatic carbocycles. The van der Waals surface area contributed by atoms with Crippen molar-refractivity contribution in [2.24, 2.45) is 0 Å². The van der Waals surface area contributed by atoms with Crippen LogP contribution in [0.25, 0.3) is 0 Å². The highest BCUT2D eigenvalue weighted by molar-refractivity contribution is 9.10. The Morgan fingerprint density at radius 3 is 2.87 bits per heavy atom. The van der Waals surface area contributed by atoms with E-state index in [0.717, 1.165) is 19.5 Å². The van der Waals surface area contributed by atoms with Crippen LogP contribution in [0, 0.1) is 6.92 Å². The summed E-state index contributed by atoms with van der Waals surface area (Å²) in [7, 11) is 0. The predicted octanol–water partition coefficient (Wildman–Crippen LogP) is 3.81. The van der Waals surface area contributed by atoms with E-state index in [-0.39, 0.29) is 0 Å². The number of halogens is 1. The monoisotopic (exact) mass is 267 g/mol. The lowest BCUT2D eigenvalue weighted by molar-refractivity contribution is 0.693. The van der Waals surface area contributed by atoms with E-state index >= 15 is 0 Å². The van der Waals surface area contributed by atoms with Crippen LogP contribution < -0.4 is 5.32 Å². The minimum Gasteiger partial charge on any atom is -0.312 e. The summed E-state index contributed by atoms with van der Waals surface area (Å²) >= 11 is 3.58. The van der Waals surface area contributed by atoms with Gasteiger partial charge in [0.15, 0.2) is 0 Å². The van der Waals surface area contributed by atoms with Crippen LogP contribution in [0.5, 0.6) is 0 Å². The van der Waals surface area contributed by atoms with E-state index < -0.39 is 0 Å². The molecule has 1 nitrogen and oxygen atoms in total. The number of rotatable bonds is 5. The second-order valence-electron chi connectivity index (χ2n) is 3.63. The first kappa shape index (κ1) is 12.5. The lowest BCUT2D eigenvalue weighted by Gasteiger charge is -2.06. The lowest BCUT2D eigenvalue weighted by atomic mass is 10.1. The first-order valence-corrected chi connectivity index (χ1v) is 6.10. The molecule has 0 amide bonds. The molecule has 0 radical (unpaired) electrons. The Kier molecular flexibility index (Phi) is 5.66. The van der Waals surface area contributed by atoms with Gasteiger partial charge in [-0.3, -0.25) is 0 Å². The minimum absolute atomic E-state index is 0.929. The Morgan fingerprint density at radius 1 is 1.40 bits per heavy atom. The third-order valence-electron chi connectivity index (χ3n) is 2.25. The van der Waals surface area contributed by atoms with Crippen LogP contribution in [-0.4, -0.2) is 6.54 Å². The first-order chi connectivity index (χ1) is 7.24. The summed E-state index contributed by atoms with van der Waals surface area (Å²) in [5.41, 5.74) is 2.61. The summed E-state index contributed by atoms with van der Waals surface area (Å²) in [6.45, 7) is 6.12. The number of allylic oxidation sites excluding steroid dienone is 1. The molecule has 0 atom stereocenters. The fourth-order valence-corrected chi connectivity index (χ4v) is 2.00.